The Morgan fingerprint density at radius 2 is 2.00 bits per heavy atom. The van der Waals surface area contributed by atoms with Crippen LogP contribution in [-0.2, 0) is 9.53 Å². The lowest BCUT2D eigenvalue weighted by Crippen LogP contribution is -2.06. The topological polar surface area (TPSA) is 26.3 Å². The second-order valence-corrected chi connectivity index (χ2v) is 3.73. The van der Waals surface area contributed by atoms with E-state index in [0.29, 0.717) is 12.3 Å². The van der Waals surface area contributed by atoms with Gasteiger partial charge in [0.2, 0.25) is 0 Å². The fraction of sp³-hybridized carbons (Fsp3) is 0.909. The van der Waals surface area contributed by atoms with Gasteiger partial charge in [-0.2, -0.15) is 0 Å². The molecule has 2 heteroatoms. The summed E-state index contributed by atoms with van der Waals surface area (Å²) in [4.78, 5) is 10.9. The van der Waals surface area contributed by atoms with Gasteiger partial charge in [0.1, 0.15) is 0 Å². The highest BCUT2D eigenvalue weighted by molar-refractivity contribution is 5.69. The fourth-order valence-corrected chi connectivity index (χ4v) is 1.39. The predicted octanol–water partition coefficient (Wildman–Crippen LogP) is 3.16. The van der Waals surface area contributed by atoms with Crippen molar-refractivity contribution in [3.05, 3.63) is 0 Å². The van der Waals surface area contributed by atoms with Crippen LogP contribution in [0.3, 0.4) is 0 Å². The monoisotopic (exact) mass is 186 g/mol. The summed E-state index contributed by atoms with van der Waals surface area (Å²) in [6, 6.07) is 0. The summed E-state index contributed by atoms with van der Waals surface area (Å²) in [5, 5.41) is 0. The van der Waals surface area contributed by atoms with Gasteiger partial charge in [-0.3, -0.25) is 4.79 Å². The van der Waals surface area contributed by atoms with Gasteiger partial charge in [-0.25, -0.2) is 0 Å². The number of hydrogen-bond acceptors (Lipinski definition) is 2. The van der Waals surface area contributed by atoms with Gasteiger partial charge in [-0.1, -0.05) is 46.0 Å². The molecule has 0 aromatic rings. The van der Waals surface area contributed by atoms with Gasteiger partial charge in [0.15, 0.2) is 0 Å². The van der Waals surface area contributed by atoms with Crippen molar-refractivity contribution in [2.24, 2.45) is 5.92 Å². The van der Waals surface area contributed by atoms with Crippen molar-refractivity contribution < 1.29 is 9.53 Å². The lowest BCUT2D eigenvalue weighted by atomic mass is 10.00. The Hall–Kier alpha value is -0.530. The van der Waals surface area contributed by atoms with Crippen molar-refractivity contribution in [1.82, 2.24) is 0 Å². The maximum Gasteiger partial charge on any atom is 0.305 e. The largest absolute Gasteiger partial charge is 0.469 e. The number of carbonyl (C=O) groups is 1. The molecule has 0 aliphatic heterocycles. The molecule has 13 heavy (non-hydrogen) atoms. The predicted molar refractivity (Wildman–Crippen MR) is 54.6 cm³/mol. The van der Waals surface area contributed by atoms with Gasteiger partial charge >= 0.3 is 5.97 Å². The molecular weight excluding hydrogens is 164 g/mol. The molecule has 0 saturated heterocycles. The molecule has 0 aromatic carbocycles. The molecule has 1 atom stereocenters. The van der Waals surface area contributed by atoms with Crippen LogP contribution in [0.4, 0.5) is 0 Å². The fourth-order valence-electron chi connectivity index (χ4n) is 1.39. The summed E-state index contributed by atoms with van der Waals surface area (Å²) in [7, 11) is 1.45. The van der Waals surface area contributed by atoms with Crippen LogP contribution in [0.2, 0.25) is 0 Å². The third-order valence-corrected chi connectivity index (χ3v) is 2.29. The van der Waals surface area contributed by atoms with E-state index < -0.39 is 0 Å². The molecule has 0 amide bonds. The van der Waals surface area contributed by atoms with Crippen LogP contribution in [-0.4, -0.2) is 13.1 Å². The van der Waals surface area contributed by atoms with Crippen molar-refractivity contribution >= 4 is 5.97 Å². The van der Waals surface area contributed by atoms with Gasteiger partial charge in [0.25, 0.3) is 0 Å². The van der Waals surface area contributed by atoms with Crippen LogP contribution in [0.5, 0.6) is 0 Å². The number of unbranched alkanes of at least 4 members (excludes halogenated alkanes) is 3. The average molecular weight is 186 g/mol. The first kappa shape index (κ1) is 12.5. The van der Waals surface area contributed by atoms with Crippen LogP contribution in [0.1, 0.15) is 52.4 Å². The summed E-state index contributed by atoms with van der Waals surface area (Å²) in [5.41, 5.74) is 0. The molecule has 2 nitrogen and oxygen atoms in total. The summed E-state index contributed by atoms with van der Waals surface area (Å²) >= 11 is 0. The molecular formula is C11H22O2. The van der Waals surface area contributed by atoms with Crippen molar-refractivity contribution in [2.45, 2.75) is 52.4 Å². The molecule has 0 bridgehead atoms. The minimum atomic E-state index is -0.0806. The molecule has 0 aliphatic carbocycles. The molecule has 0 aromatic heterocycles. The average Bonchev–Trinajstić information content (AvgIpc) is 2.12. The van der Waals surface area contributed by atoms with Gasteiger partial charge in [0, 0.05) is 6.42 Å². The zero-order valence-electron chi connectivity index (χ0n) is 9.14. The third kappa shape index (κ3) is 7.82. The maximum atomic E-state index is 10.9. The Kier molecular flexibility index (Phi) is 7.76. The van der Waals surface area contributed by atoms with E-state index in [2.05, 4.69) is 18.6 Å². The summed E-state index contributed by atoms with van der Waals surface area (Å²) in [6.45, 7) is 4.32. The standard InChI is InChI=1S/C11H22O2/c1-4-5-6-7-8-10(2)9-11(12)13-3/h10H,4-9H2,1-3H3. The first-order valence-corrected chi connectivity index (χ1v) is 5.27. The Labute approximate surface area is 81.7 Å². The Balaban J connectivity index is 3.29. The number of hydrogen-bond donors (Lipinski definition) is 0. The Bertz CT molecular complexity index is 132. The highest BCUT2D eigenvalue weighted by Gasteiger charge is 2.07. The van der Waals surface area contributed by atoms with Crippen LogP contribution in [0, 0.1) is 5.92 Å². The molecule has 0 rings (SSSR count). The van der Waals surface area contributed by atoms with Crippen LogP contribution >= 0.6 is 0 Å². The molecule has 0 fully saturated rings. The lowest BCUT2D eigenvalue weighted by Gasteiger charge is -2.08. The van der Waals surface area contributed by atoms with E-state index in [1.54, 1.807) is 0 Å². The number of rotatable bonds is 7. The maximum absolute atomic E-state index is 10.9. The first-order chi connectivity index (χ1) is 6.20. The van der Waals surface area contributed by atoms with Crippen molar-refractivity contribution in [1.29, 1.82) is 0 Å². The van der Waals surface area contributed by atoms with Crippen molar-refractivity contribution in [3.8, 4) is 0 Å². The van der Waals surface area contributed by atoms with Crippen LogP contribution in [0.25, 0.3) is 0 Å². The smallest absolute Gasteiger partial charge is 0.305 e. The van der Waals surface area contributed by atoms with Crippen molar-refractivity contribution in [3.63, 3.8) is 0 Å². The molecule has 78 valence electrons. The van der Waals surface area contributed by atoms with Crippen LogP contribution < -0.4 is 0 Å². The van der Waals surface area contributed by atoms with E-state index in [0.717, 1.165) is 6.42 Å². The van der Waals surface area contributed by atoms with Crippen molar-refractivity contribution in [2.75, 3.05) is 7.11 Å². The van der Waals surface area contributed by atoms with E-state index in [-0.39, 0.29) is 5.97 Å². The minimum Gasteiger partial charge on any atom is -0.469 e. The lowest BCUT2D eigenvalue weighted by molar-refractivity contribution is -0.141. The van der Waals surface area contributed by atoms with E-state index in [1.165, 1.54) is 32.8 Å². The Morgan fingerprint density at radius 3 is 2.54 bits per heavy atom. The second-order valence-electron chi connectivity index (χ2n) is 3.73. The summed E-state index contributed by atoms with van der Waals surface area (Å²) in [5.74, 6) is 0.396. The molecule has 0 N–H and O–H groups in total. The zero-order chi connectivity index (χ0) is 10.1. The molecule has 0 spiro atoms. The van der Waals surface area contributed by atoms with Crippen LogP contribution in [0.15, 0.2) is 0 Å². The summed E-state index contributed by atoms with van der Waals surface area (Å²) in [6.07, 6.45) is 6.84. The van der Waals surface area contributed by atoms with E-state index >= 15 is 0 Å². The highest BCUT2D eigenvalue weighted by Crippen LogP contribution is 2.13. The number of esters is 1. The normalized spacial score (nSPS) is 12.5. The molecule has 0 saturated carbocycles. The number of ether oxygens (including phenoxy) is 1. The van der Waals surface area contributed by atoms with Gasteiger partial charge < -0.3 is 4.74 Å². The zero-order valence-corrected chi connectivity index (χ0v) is 9.14. The van der Waals surface area contributed by atoms with E-state index in [4.69, 9.17) is 0 Å². The molecule has 1 unspecified atom stereocenters. The molecule has 0 radical (unpaired) electrons. The first-order valence-electron chi connectivity index (χ1n) is 5.27. The van der Waals surface area contributed by atoms with E-state index in [1.807, 2.05) is 0 Å². The van der Waals surface area contributed by atoms with Gasteiger partial charge in [0.05, 0.1) is 7.11 Å². The number of methoxy groups -OCH3 is 1. The second kappa shape index (κ2) is 8.09. The van der Waals surface area contributed by atoms with Gasteiger partial charge in [-0.15, -0.1) is 0 Å². The summed E-state index contributed by atoms with van der Waals surface area (Å²) < 4.78 is 4.61. The quantitative estimate of drug-likeness (QED) is 0.451. The molecule has 0 aliphatic rings. The third-order valence-electron chi connectivity index (χ3n) is 2.29. The number of carbonyl (C=O) groups excluding carboxylic acids is 1. The SMILES string of the molecule is CCCCCCC(C)CC(=O)OC. The van der Waals surface area contributed by atoms with Gasteiger partial charge in [-0.05, 0) is 5.92 Å². The Morgan fingerprint density at radius 1 is 1.31 bits per heavy atom. The highest BCUT2D eigenvalue weighted by atomic mass is 16.5. The molecule has 0 heterocycles. The minimum absolute atomic E-state index is 0.0806. The van der Waals surface area contributed by atoms with E-state index in [9.17, 15) is 4.79 Å².